The molecule has 0 saturated carbocycles. The fourth-order valence-electron chi connectivity index (χ4n) is 0. The molecule has 0 aliphatic heterocycles. The molecule has 0 spiro atoms. The molecule has 0 aromatic rings. The summed E-state index contributed by atoms with van der Waals surface area (Å²) >= 11 is 0. The number of rotatable bonds is 0. The van der Waals surface area contributed by atoms with Crippen LogP contribution in [0.5, 0.6) is 0 Å². The van der Waals surface area contributed by atoms with Crippen molar-refractivity contribution in [3.8, 4) is 0 Å². The second-order valence-corrected chi connectivity index (χ2v) is 0.402. The van der Waals surface area contributed by atoms with E-state index in [2.05, 4.69) is 11.5 Å². The quantitative estimate of drug-likeness (QED) is 0.379. The van der Waals surface area contributed by atoms with Crippen molar-refractivity contribution in [2.75, 3.05) is 0 Å². The van der Waals surface area contributed by atoms with Crippen molar-refractivity contribution < 1.29 is 17.2 Å². The molecule has 4 N–H and O–H groups in total. The van der Waals surface area contributed by atoms with Crippen molar-refractivity contribution in [3.05, 3.63) is 0 Å². The molecule has 0 radical (unpaired) electrons. The maximum absolute atomic E-state index is 9.00. The Morgan fingerprint density at radius 2 is 1.40 bits per heavy atom. The van der Waals surface area contributed by atoms with Gasteiger partial charge in [-0.3, -0.25) is 0 Å². The van der Waals surface area contributed by atoms with Gasteiger partial charge >= 0.3 is 6.03 Å². The molecule has 32 valence electrons. The van der Waals surface area contributed by atoms with E-state index in [4.69, 9.17) is 4.79 Å². The molecule has 0 aromatic heterocycles. The number of carbonyl (C=O) groups excluding carboxylic acids is 1. The number of primary amides is 2. The van der Waals surface area contributed by atoms with E-state index in [0.29, 0.717) is 0 Å². The highest BCUT2D eigenvalue weighted by Gasteiger charge is 1.60. The zero-order chi connectivity index (χ0) is 3.58. The number of hydrogen-bond acceptors (Lipinski definition) is 1. The lowest BCUT2D eigenvalue weighted by molar-refractivity contribution is -0.00000446. The average molecular weight is 97.5 g/mol. The third kappa shape index (κ3) is 44.8. The maximum atomic E-state index is 9.00. The summed E-state index contributed by atoms with van der Waals surface area (Å²) in [6, 6.07) is -0.833. The highest BCUT2D eigenvalue weighted by atomic mass is 35.5. The minimum absolute atomic E-state index is 0. The molecule has 0 aliphatic carbocycles. The van der Waals surface area contributed by atoms with E-state index in [1.165, 1.54) is 0 Å². The first-order valence-electron chi connectivity index (χ1n) is 0.781. The van der Waals surface area contributed by atoms with Crippen LogP contribution in [0.25, 0.3) is 0 Å². The second-order valence-electron chi connectivity index (χ2n) is 0.402. The van der Waals surface area contributed by atoms with Gasteiger partial charge in [-0.05, 0) is 0 Å². The summed E-state index contributed by atoms with van der Waals surface area (Å²) in [6.45, 7) is 0. The van der Waals surface area contributed by atoms with Gasteiger partial charge in [-0.1, -0.05) is 0 Å². The number of carbonyl (C=O) groups is 1. The van der Waals surface area contributed by atoms with Gasteiger partial charge in [-0.2, -0.15) is 0 Å². The van der Waals surface area contributed by atoms with E-state index in [1.54, 1.807) is 0 Å². The van der Waals surface area contributed by atoms with Crippen LogP contribution in [-0.2, 0) is 0 Å². The van der Waals surface area contributed by atoms with Crippen LogP contribution in [0.3, 0.4) is 0 Å². The molecule has 5 heavy (non-hydrogen) atoms. The summed E-state index contributed by atoms with van der Waals surface area (Å²) in [5, 5.41) is 0. The van der Waals surface area contributed by atoms with Crippen LogP contribution in [-0.4, -0.2) is 6.03 Å². The zero-order valence-corrected chi connectivity index (χ0v) is 3.40. The molecule has 0 saturated heterocycles. The predicted molar refractivity (Wildman–Crippen MR) is 16.6 cm³/mol. The molecule has 0 aliphatic rings. The van der Waals surface area contributed by atoms with Gasteiger partial charge < -0.3 is 11.5 Å². The van der Waals surface area contributed by atoms with Gasteiger partial charge in [0.25, 0.3) is 0 Å². The Balaban J connectivity index is 0. The number of nitrogens with two attached hydrogens (primary N) is 2. The van der Waals surface area contributed by atoms with Gasteiger partial charge in [0.1, 0.15) is 0 Å². The van der Waals surface area contributed by atoms with E-state index >= 15 is 0 Å². The molecule has 0 bridgehead atoms. The van der Waals surface area contributed by atoms with Crippen molar-refractivity contribution >= 4 is 6.03 Å². The van der Waals surface area contributed by atoms with Gasteiger partial charge in [-0.15, -0.1) is 0 Å². The van der Waals surface area contributed by atoms with E-state index < -0.39 is 6.03 Å². The Morgan fingerprint density at radius 3 is 1.40 bits per heavy atom. The third-order valence-corrected chi connectivity index (χ3v) is 0. The minimum atomic E-state index is -0.833. The number of amides is 2. The van der Waals surface area contributed by atoms with Gasteiger partial charge in [0.15, 0.2) is 0 Å². The number of halogens is 1. The smallest absolute Gasteiger partial charge is 0.309 e. The van der Waals surface area contributed by atoms with E-state index in [0.717, 1.165) is 0 Å². The second kappa shape index (κ2) is 3.56. The van der Waals surface area contributed by atoms with Crippen LogP contribution in [0, 0.1) is 12.4 Å². The predicted octanol–water partition coefficient (Wildman–Crippen LogP) is -1.51. The normalized spacial score (nSPS) is 4.80. The van der Waals surface area contributed by atoms with Crippen molar-refractivity contribution in [3.63, 3.8) is 0 Å². The highest BCUT2D eigenvalue weighted by Crippen LogP contribution is 1.25. The third-order valence-electron chi connectivity index (χ3n) is 0. The van der Waals surface area contributed by atoms with Gasteiger partial charge in [-0.25, -0.2) is 4.79 Å². The summed E-state index contributed by atoms with van der Waals surface area (Å²) in [4.78, 5) is 9.00. The molecule has 0 heterocycles. The van der Waals surface area contributed by atoms with E-state index in [9.17, 15) is 0 Å². The fourth-order valence-corrected chi connectivity index (χ4v) is 0. The Kier molecular flexibility index (Phi) is 6.28. The Hall–Kier alpha value is -0.440. The van der Waals surface area contributed by atoms with Crippen LogP contribution in [0.2, 0.25) is 0 Å². The SMILES string of the molecule is NC(N)=O.[ClH2+]. The summed E-state index contributed by atoms with van der Waals surface area (Å²) in [5.41, 5.74) is 8.50. The van der Waals surface area contributed by atoms with Crippen LogP contribution < -0.4 is 11.5 Å². The van der Waals surface area contributed by atoms with E-state index in [-0.39, 0.29) is 12.4 Å². The molecule has 0 unspecified atom stereocenters. The lowest BCUT2D eigenvalue weighted by Crippen LogP contribution is -2.18. The van der Waals surface area contributed by atoms with E-state index in [1.807, 2.05) is 0 Å². The van der Waals surface area contributed by atoms with Crippen LogP contribution in [0.15, 0.2) is 0 Å². The van der Waals surface area contributed by atoms with Gasteiger partial charge in [0, 0.05) is 0 Å². The Bertz CT molecular complexity index is 32.6. The monoisotopic (exact) mass is 97.0 g/mol. The Morgan fingerprint density at radius 1 is 1.40 bits per heavy atom. The Labute approximate surface area is 35.7 Å². The molecule has 0 aromatic carbocycles. The minimum Gasteiger partial charge on any atom is -0.352 e. The lowest BCUT2D eigenvalue weighted by Gasteiger charge is -1.62. The summed E-state index contributed by atoms with van der Waals surface area (Å²) in [7, 11) is 0. The fraction of sp³-hybridized carbons (Fsp3) is 0. The summed E-state index contributed by atoms with van der Waals surface area (Å²) < 4.78 is 0. The maximum Gasteiger partial charge on any atom is 0.309 e. The molecular weight excluding hydrogens is 91.5 g/mol. The topological polar surface area (TPSA) is 69.1 Å². The lowest BCUT2D eigenvalue weighted by atomic mass is 11.2. The number of urea groups is 1. The van der Waals surface area contributed by atoms with Crippen molar-refractivity contribution in [1.29, 1.82) is 0 Å². The van der Waals surface area contributed by atoms with Crippen molar-refractivity contribution in [2.45, 2.75) is 0 Å². The van der Waals surface area contributed by atoms with Crippen LogP contribution in [0.1, 0.15) is 0 Å². The standard InChI is InChI=1S/CH4N2O.ClH2/c2-1(3)4;/h(H4,2,3,4);1H2/q;+1. The van der Waals surface area contributed by atoms with Crippen LogP contribution in [0.4, 0.5) is 4.79 Å². The molecule has 3 nitrogen and oxygen atoms in total. The first kappa shape index (κ1) is 8.82. The first-order valence-corrected chi connectivity index (χ1v) is 0.781. The zero-order valence-electron chi connectivity index (χ0n) is 2.51. The molecule has 2 amide bonds. The molecule has 4 heteroatoms. The summed E-state index contributed by atoms with van der Waals surface area (Å²) in [5.74, 6) is 0. The van der Waals surface area contributed by atoms with Crippen molar-refractivity contribution in [1.82, 2.24) is 0 Å². The van der Waals surface area contributed by atoms with Gasteiger partial charge in [0.05, 0.1) is 12.4 Å². The van der Waals surface area contributed by atoms with Crippen LogP contribution >= 0.6 is 0 Å². The number of hydrogen-bond donors (Lipinski definition) is 2. The first-order chi connectivity index (χ1) is 1.73. The molecule has 0 atom stereocenters. The largest absolute Gasteiger partial charge is 0.352 e. The van der Waals surface area contributed by atoms with Crippen molar-refractivity contribution in [2.24, 2.45) is 11.5 Å². The average Bonchev–Trinajstić information content (AvgIpc) is 0.811. The van der Waals surface area contributed by atoms with Gasteiger partial charge in [0.2, 0.25) is 0 Å². The molecule has 0 rings (SSSR count). The molecular formula is CH6ClN2O+. The molecule has 0 fully saturated rings. The summed E-state index contributed by atoms with van der Waals surface area (Å²) in [6.07, 6.45) is 0. The highest BCUT2D eigenvalue weighted by molar-refractivity contribution is 5.69.